The van der Waals surface area contributed by atoms with Gasteiger partial charge < -0.3 is 5.32 Å². The van der Waals surface area contributed by atoms with Crippen LogP contribution in [-0.2, 0) is 0 Å². The second-order valence-corrected chi connectivity index (χ2v) is 7.25. The van der Waals surface area contributed by atoms with Crippen molar-refractivity contribution < 1.29 is 0 Å². The van der Waals surface area contributed by atoms with Crippen LogP contribution in [0.4, 0.5) is 5.69 Å². The summed E-state index contributed by atoms with van der Waals surface area (Å²) in [6.45, 7) is 2.09. The maximum Gasteiger partial charge on any atom is 0.0500 e. The molecule has 5 heteroatoms. The second-order valence-electron chi connectivity index (χ2n) is 4.16. The van der Waals surface area contributed by atoms with Gasteiger partial charge in [-0.1, -0.05) is 49.5 Å². The molecule has 0 aromatic heterocycles. The van der Waals surface area contributed by atoms with Crippen molar-refractivity contribution in [1.29, 1.82) is 0 Å². The van der Waals surface area contributed by atoms with Gasteiger partial charge in [-0.3, -0.25) is 0 Å². The van der Waals surface area contributed by atoms with E-state index in [4.69, 9.17) is 11.6 Å². The molecule has 2 aromatic rings. The summed E-state index contributed by atoms with van der Waals surface area (Å²) in [5, 5.41) is 4.20. The zero-order valence-electron chi connectivity index (χ0n) is 10.1. The molecule has 1 N–H and O–H groups in total. The summed E-state index contributed by atoms with van der Waals surface area (Å²) >= 11 is 16.7. The molecular formula is C14H11Br3ClN. The molecule has 1 atom stereocenters. The van der Waals surface area contributed by atoms with Crippen LogP contribution < -0.4 is 5.32 Å². The van der Waals surface area contributed by atoms with Gasteiger partial charge in [0.2, 0.25) is 0 Å². The van der Waals surface area contributed by atoms with E-state index in [-0.39, 0.29) is 6.04 Å². The van der Waals surface area contributed by atoms with Crippen LogP contribution in [0.15, 0.2) is 49.8 Å². The highest BCUT2D eigenvalue weighted by molar-refractivity contribution is 9.11. The Balaban J connectivity index is 2.25. The lowest BCUT2D eigenvalue weighted by Gasteiger charge is -2.18. The minimum atomic E-state index is 0.117. The first-order valence-corrected chi connectivity index (χ1v) is 8.39. The van der Waals surface area contributed by atoms with E-state index in [0.29, 0.717) is 0 Å². The van der Waals surface area contributed by atoms with Crippen molar-refractivity contribution >= 4 is 65.1 Å². The topological polar surface area (TPSA) is 12.0 Å². The zero-order chi connectivity index (χ0) is 14.0. The Labute approximate surface area is 143 Å². The lowest BCUT2D eigenvalue weighted by Crippen LogP contribution is -2.07. The second kappa shape index (κ2) is 6.61. The van der Waals surface area contributed by atoms with Crippen LogP contribution in [0, 0.1) is 0 Å². The largest absolute Gasteiger partial charge is 0.378 e. The lowest BCUT2D eigenvalue weighted by molar-refractivity contribution is 0.883. The quantitative estimate of drug-likeness (QED) is 0.523. The molecule has 0 radical (unpaired) electrons. The van der Waals surface area contributed by atoms with Crippen molar-refractivity contribution in [3.63, 3.8) is 0 Å². The number of anilines is 1. The molecule has 19 heavy (non-hydrogen) atoms. The van der Waals surface area contributed by atoms with E-state index < -0.39 is 0 Å². The maximum atomic E-state index is 6.27. The number of hydrogen-bond donors (Lipinski definition) is 1. The molecule has 0 saturated heterocycles. The Morgan fingerprint density at radius 3 is 2.32 bits per heavy atom. The summed E-state index contributed by atoms with van der Waals surface area (Å²) in [6.07, 6.45) is 0. The molecule has 2 aromatic carbocycles. The highest BCUT2D eigenvalue weighted by Gasteiger charge is 2.11. The molecule has 0 amide bonds. The summed E-state index contributed by atoms with van der Waals surface area (Å²) in [4.78, 5) is 0. The third kappa shape index (κ3) is 3.97. The van der Waals surface area contributed by atoms with E-state index in [2.05, 4.69) is 60.0 Å². The van der Waals surface area contributed by atoms with E-state index in [9.17, 15) is 0 Å². The minimum Gasteiger partial charge on any atom is -0.378 e. The SMILES string of the molecule is CC(Nc1cc(Br)ccc1Br)c1ccc(Br)cc1Cl. The van der Waals surface area contributed by atoms with Crippen LogP contribution in [-0.4, -0.2) is 0 Å². The predicted molar refractivity (Wildman–Crippen MR) is 93.0 cm³/mol. The maximum absolute atomic E-state index is 6.27. The van der Waals surface area contributed by atoms with Gasteiger partial charge in [0.05, 0.1) is 11.7 Å². The number of benzene rings is 2. The first kappa shape index (κ1) is 15.4. The third-order valence-corrected chi connectivity index (χ3v) is 4.73. The molecule has 1 nitrogen and oxygen atoms in total. The summed E-state index contributed by atoms with van der Waals surface area (Å²) in [5.41, 5.74) is 2.10. The van der Waals surface area contributed by atoms with Crippen LogP contribution in [0.25, 0.3) is 0 Å². The summed E-state index contributed by atoms with van der Waals surface area (Å²) in [6, 6.07) is 12.1. The Morgan fingerprint density at radius 1 is 1.00 bits per heavy atom. The Hall–Kier alpha value is -0.0300. The molecule has 0 aliphatic heterocycles. The first-order valence-electron chi connectivity index (χ1n) is 5.64. The smallest absolute Gasteiger partial charge is 0.0500 e. The molecule has 0 heterocycles. The van der Waals surface area contributed by atoms with Crippen molar-refractivity contribution in [2.24, 2.45) is 0 Å². The summed E-state index contributed by atoms with van der Waals surface area (Å²) < 4.78 is 3.04. The van der Waals surface area contributed by atoms with Crippen molar-refractivity contribution in [2.45, 2.75) is 13.0 Å². The van der Waals surface area contributed by atoms with Gasteiger partial charge in [-0.25, -0.2) is 0 Å². The predicted octanol–water partition coefficient (Wildman–Crippen LogP) is 6.80. The molecule has 0 fully saturated rings. The van der Waals surface area contributed by atoms with Crippen LogP contribution in [0.3, 0.4) is 0 Å². The molecular weight excluding hydrogens is 457 g/mol. The molecule has 0 bridgehead atoms. The Morgan fingerprint density at radius 2 is 1.63 bits per heavy atom. The van der Waals surface area contributed by atoms with Crippen LogP contribution in [0.1, 0.15) is 18.5 Å². The molecule has 0 aliphatic rings. The highest BCUT2D eigenvalue weighted by atomic mass is 79.9. The Kier molecular flexibility index (Phi) is 5.35. The highest BCUT2D eigenvalue weighted by Crippen LogP contribution is 2.32. The molecule has 0 spiro atoms. The van der Waals surface area contributed by atoms with E-state index in [0.717, 1.165) is 29.7 Å². The fourth-order valence-electron chi connectivity index (χ4n) is 1.77. The van der Waals surface area contributed by atoms with E-state index in [1.54, 1.807) is 0 Å². The van der Waals surface area contributed by atoms with Gasteiger partial charge in [-0.15, -0.1) is 0 Å². The normalized spacial score (nSPS) is 12.3. The lowest BCUT2D eigenvalue weighted by atomic mass is 10.1. The number of nitrogens with one attached hydrogen (secondary N) is 1. The molecule has 1 unspecified atom stereocenters. The average molecular weight is 468 g/mol. The monoisotopic (exact) mass is 465 g/mol. The molecule has 0 aliphatic carbocycles. The van der Waals surface area contributed by atoms with Crippen LogP contribution in [0.2, 0.25) is 5.02 Å². The van der Waals surface area contributed by atoms with Gasteiger partial charge in [0.15, 0.2) is 0 Å². The fourth-order valence-corrected chi connectivity index (χ4v) is 3.33. The summed E-state index contributed by atoms with van der Waals surface area (Å²) in [7, 11) is 0. The van der Waals surface area contributed by atoms with Crippen molar-refractivity contribution in [3.8, 4) is 0 Å². The number of rotatable bonds is 3. The van der Waals surface area contributed by atoms with E-state index >= 15 is 0 Å². The standard InChI is InChI=1S/C14H11Br3ClN/c1-8(11-4-2-9(15)6-13(11)18)19-14-7-10(16)3-5-12(14)17/h2-8,19H,1H3. The van der Waals surface area contributed by atoms with Gasteiger partial charge in [-0.05, 0) is 58.7 Å². The van der Waals surface area contributed by atoms with Gasteiger partial charge in [0, 0.05) is 18.4 Å². The molecule has 2 rings (SSSR count). The van der Waals surface area contributed by atoms with E-state index in [1.807, 2.05) is 36.4 Å². The third-order valence-electron chi connectivity index (χ3n) is 2.73. The van der Waals surface area contributed by atoms with Crippen LogP contribution >= 0.6 is 59.4 Å². The number of halogens is 4. The van der Waals surface area contributed by atoms with Gasteiger partial charge in [0.25, 0.3) is 0 Å². The average Bonchev–Trinajstić information content (AvgIpc) is 2.33. The zero-order valence-corrected chi connectivity index (χ0v) is 15.6. The van der Waals surface area contributed by atoms with Crippen molar-refractivity contribution in [2.75, 3.05) is 5.32 Å². The first-order chi connectivity index (χ1) is 8.97. The van der Waals surface area contributed by atoms with Crippen molar-refractivity contribution in [1.82, 2.24) is 0 Å². The minimum absolute atomic E-state index is 0.117. The fraction of sp³-hybridized carbons (Fsp3) is 0.143. The number of hydrogen-bond acceptors (Lipinski definition) is 1. The van der Waals surface area contributed by atoms with Gasteiger partial charge in [0.1, 0.15) is 0 Å². The van der Waals surface area contributed by atoms with E-state index in [1.165, 1.54) is 0 Å². The van der Waals surface area contributed by atoms with Crippen LogP contribution in [0.5, 0.6) is 0 Å². The molecule has 0 saturated carbocycles. The summed E-state index contributed by atoms with van der Waals surface area (Å²) in [5.74, 6) is 0. The van der Waals surface area contributed by atoms with Gasteiger partial charge >= 0.3 is 0 Å². The Bertz CT molecular complexity index is 601. The molecule has 100 valence electrons. The van der Waals surface area contributed by atoms with Crippen molar-refractivity contribution in [3.05, 3.63) is 60.4 Å². The van der Waals surface area contributed by atoms with Gasteiger partial charge in [-0.2, -0.15) is 0 Å².